The second-order valence-corrected chi connectivity index (χ2v) is 6.50. The molecule has 0 aliphatic rings. The van der Waals surface area contributed by atoms with Crippen LogP contribution in [0.15, 0.2) is 0 Å². The van der Waals surface area contributed by atoms with Crippen molar-refractivity contribution in [3.8, 4) is 0 Å². The molecule has 4 nitrogen and oxygen atoms in total. The smallest absolute Gasteiger partial charge is 0.312 e. The average Bonchev–Trinajstić information content (AvgIpc) is 2.12. The first-order valence-electron chi connectivity index (χ1n) is 7.02. The first kappa shape index (κ1) is 17.9. The van der Waals surface area contributed by atoms with E-state index in [2.05, 4.69) is 0 Å². The second kappa shape index (κ2) is 7.51. The topological polar surface area (TPSA) is 63.6 Å². The van der Waals surface area contributed by atoms with Gasteiger partial charge in [0.25, 0.3) is 0 Å². The molecule has 0 spiro atoms. The van der Waals surface area contributed by atoms with E-state index in [4.69, 9.17) is 9.84 Å². The summed E-state index contributed by atoms with van der Waals surface area (Å²) in [6.07, 6.45) is 0.709. The average molecular weight is 272 g/mol. The molecular weight excluding hydrogens is 244 g/mol. The van der Waals surface area contributed by atoms with Gasteiger partial charge < -0.3 is 9.84 Å². The molecule has 1 N–H and O–H groups in total. The molecule has 0 unspecified atom stereocenters. The highest BCUT2D eigenvalue weighted by atomic mass is 16.5. The van der Waals surface area contributed by atoms with Crippen LogP contribution in [0.2, 0.25) is 0 Å². The third kappa shape index (κ3) is 6.60. The van der Waals surface area contributed by atoms with Gasteiger partial charge in [-0.1, -0.05) is 27.7 Å². The summed E-state index contributed by atoms with van der Waals surface area (Å²) in [5.41, 5.74) is -0.904. The monoisotopic (exact) mass is 272 g/mol. The van der Waals surface area contributed by atoms with Crippen molar-refractivity contribution in [1.82, 2.24) is 0 Å². The van der Waals surface area contributed by atoms with Crippen molar-refractivity contribution in [2.24, 2.45) is 17.3 Å². The van der Waals surface area contributed by atoms with E-state index in [1.165, 1.54) is 0 Å². The summed E-state index contributed by atoms with van der Waals surface area (Å²) < 4.78 is 5.32. The molecule has 0 radical (unpaired) electrons. The maximum atomic E-state index is 12.4. The highest BCUT2D eigenvalue weighted by molar-refractivity contribution is 5.83. The molecule has 0 aliphatic heterocycles. The minimum absolute atomic E-state index is 0.158. The number of rotatable bonds is 8. The summed E-state index contributed by atoms with van der Waals surface area (Å²) in [7, 11) is 0. The van der Waals surface area contributed by atoms with E-state index in [9.17, 15) is 9.59 Å². The molecule has 0 amide bonds. The van der Waals surface area contributed by atoms with Crippen molar-refractivity contribution in [2.75, 3.05) is 0 Å². The van der Waals surface area contributed by atoms with Crippen LogP contribution in [0.5, 0.6) is 0 Å². The van der Waals surface area contributed by atoms with Crippen LogP contribution in [-0.4, -0.2) is 23.1 Å². The summed E-state index contributed by atoms with van der Waals surface area (Å²) in [5.74, 6) is -0.815. The van der Waals surface area contributed by atoms with Gasteiger partial charge in [-0.3, -0.25) is 9.59 Å². The Morgan fingerprint density at radius 2 is 1.42 bits per heavy atom. The highest BCUT2D eigenvalue weighted by Gasteiger charge is 2.43. The molecule has 0 aliphatic carbocycles. The van der Waals surface area contributed by atoms with Crippen LogP contribution in [0.1, 0.15) is 60.8 Å². The highest BCUT2D eigenvalue weighted by Crippen LogP contribution is 2.39. The van der Waals surface area contributed by atoms with Gasteiger partial charge in [-0.05, 0) is 38.5 Å². The van der Waals surface area contributed by atoms with E-state index >= 15 is 0 Å². The first-order valence-corrected chi connectivity index (χ1v) is 7.02. The number of aliphatic carboxylic acids is 1. The molecule has 0 heterocycles. The Labute approximate surface area is 116 Å². The third-order valence-corrected chi connectivity index (χ3v) is 2.86. The molecule has 0 rings (SSSR count). The minimum atomic E-state index is -0.943. The van der Waals surface area contributed by atoms with Crippen LogP contribution in [0, 0.1) is 17.3 Å². The Balaban J connectivity index is 5.31. The van der Waals surface area contributed by atoms with Crippen LogP contribution in [0.3, 0.4) is 0 Å². The van der Waals surface area contributed by atoms with Crippen LogP contribution < -0.4 is 0 Å². The lowest BCUT2D eigenvalue weighted by Gasteiger charge is -2.34. The lowest BCUT2D eigenvalue weighted by molar-refractivity contribution is -0.167. The van der Waals surface area contributed by atoms with Gasteiger partial charge in [0, 0.05) is 0 Å². The number of ether oxygens (including phenoxy) is 1. The predicted octanol–water partition coefficient (Wildman–Crippen LogP) is 3.49. The second-order valence-electron chi connectivity index (χ2n) is 6.50. The normalized spacial score (nSPS) is 12.3. The van der Waals surface area contributed by atoms with E-state index < -0.39 is 11.4 Å². The van der Waals surface area contributed by atoms with Gasteiger partial charge in [-0.15, -0.1) is 0 Å². The Kier molecular flexibility index (Phi) is 7.09. The van der Waals surface area contributed by atoms with Gasteiger partial charge in [-0.2, -0.15) is 0 Å². The number of esters is 1. The van der Waals surface area contributed by atoms with Gasteiger partial charge in [0.05, 0.1) is 17.9 Å². The van der Waals surface area contributed by atoms with Crippen molar-refractivity contribution >= 4 is 11.9 Å². The van der Waals surface area contributed by atoms with Gasteiger partial charge in [0.2, 0.25) is 0 Å². The van der Waals surface area contributed by atoms with Gasteiger partial charge >= 0.3 is 11.9 Å². The van der Waals surface area contributed by atoms with Gasteiger partial charge in [-0.25, -0.2) is 0 Å². The zero-order valence-electron chi connectivity index (χ0n) is 13.0. The summed E-state index contributed by atoms with van der Waals surface area (Å²) in [6.45, 7) is 11.6. The van der Waals surface area contributed by atoms with Crippen LogP contribution in [0.25, 0.3) is 0 Å². The van der Waals surface area contributed by atoms with Gasteiger partial charge in [0.1, 0.15) is 0 Å². The molecule has 0 aromatic heterocycles. The van der Waals surface area contributed by atoms with E-state index in [-0.39, 0.29) is 30.3 Å². The largest absolute Gasteiger partial charge is 0.481 e. The third-order valence-electron chi connectivity index (χ3n) is 2.86. The Morgan fingerprint density at radius 3 is 1.68 bits per heavy atom. The molecule has 4 heteroatoms. The molecule has 0 atom stereocenters. The van der Waals surface area contributed by atoms with Crippen molar-refractivity contribution in [3.63, 3.8) is 0 Å². The van der Waals surface area contributed by atoms with Crippen LogP contribution in [-0.2, 0) is 14.3 Å². The fourth-order valence-electron chi connectivity index (χ4n) is 2.66. The summed E-state index contributed by atoms with van der Waals surface area (Å²) in [5, 5.41) is 9.15. The SMILES string of the molecule is CC(C)CC(CC(=O)O)(CC(C)C)C(=O)OC(C)C. The molecule has 0 saturated heterocycles. The standard InChI is InChI=1S/C15H28O4/c1-10(2)7-15(8-11(3)4,9-13(16)17)14(18)19-12(5)6/h10-12H,7-9H2,1-6H3,(H,16,17). The Hall–Kier alpha value is -1.06. The van der Waals surface area contributed by atoms with E-state index in [1.807, 2.05) is 27.7 Å². The zero-order chi connectivity index (χ0) is 15.2. The zero-order valence-corrected chi connectivity index (χ0v) is 13.0. The molecule has 0 saturated carbocycles. The number of carboxylic acids is 1. The summed E-state index contributed by atoms with van der Waals surface area (Å²) in [6, 6.07) is 0. The van der Waals surface area contributed by atoms with E-state index in [0.717, 1.165) is 0 Å². The maximum Gasteiger partial charge on any atom is 0.312 e. The number of carbonyl (C=O) groups is 2. The number of carboxylic acid groups (broad SMARTS) is 1. The number of hydrogen-bond donors (Lipinski definition) is 1. The van der Waals surface area contributed by atoms with Crippen LogP contribution in [0.4, 0.5) is 0 Å². The molecule has 112 valence electrons. The summed E-state index contributed by atoms with van der Waals surface area (Å²) in [4.78, 5) is 23.6. The Morgan fingerprint density at radius 1 is 1.00 bits per heavy atom. The number of hydrogen-bond acceptors (Lipinski definition) is 3. The fourth-order valence-corrected chi connectivity index (χ4v) is 2.66. The molecule has 0 bridgehead atoms. The molecule has 0 aromatic carbocycles. The quantitative estimate of drug-likeness (QED) is 0.687. The molecule has 19 heavy (non-hydrogen) atoms. The van der Waals surface area contributed by atoms with Gasteiger partial charge in [0.15, 0.2) is 0 Å². The minimum Gasteiger partial charge on any atom is -0.481 e. The van der Waals surface area contributed by atoms with Crippen molar-refractivity contribution < 1.29 is 19.4 Å². The van der Waals surface area contributed by atoms with E-state index in [1.54, 1.807) is 13.8 Å². The summed E-state index contributed by atoms with van der Waals surface area (Å²) >= 11 is 0. The van der Waals surface area contributed by atoms with Crippen molar-refractivity contribution in [3.05, 3.63) is 0 Å². The lowest BCUT2D eigenvalue weighted by Crippen LogP contribution is -2.39. The van der Waals surface area contributed by atoms with Crippen molar-refractivity contribution in [1.29, 1.82) is 0 Å². The van der Waals surface area contributed by atoms with E-state index in [0.29, 0.717) is 12.8 Å². The lowest BCUT2D eigenvalue weighted by atomic mass is 9.72. The van der Waals surface area contributed by atoms with Crippen molar-refractivity contribution in [2.45, 2.75) is 66.9 Å². The maximum absolute atomic E-state index is 12.4. The molecule has 0 aromatic rings. The Bertz CT molecular complexity index is 295. The fraction of sp³-hybridized carbons (Fsp3) is 0.867. The molecular formula is C15H28O4. The first-order chi connectivity index (χ1) is 8.59. The molecule has 0 fully saturated rings. The predicted molar refractivity (Wildman–Crippen MR) is 74.8 cm³/mol. The van der Waals surface area contributed by atoms with Crippen LogP contribution >= 0.6 is 0 Å². The number of carbonyl (C=O) groups excluding carboxylic acids is 1.